The summed E-state index contributed by atoms with van der Waals surface area (Å²) in [5, 5.41) is 5.39. The SMILES string of the molecule is CNc1cccc(C(=O)Nc2ccc(Cl)c(F)c2)n1. The van der Waals surface area contributed by atoms with E-state index in [9.17, 15) is 9.18 Å². The Morgan fingerprint density at radius 3 is 2.79 bits per heavy atom. The van der Waals surface area contributed by atoms with E-state index in [-0.39, 0.29) is 10.7 Å². The lowest BCUT2D eigenvalue weighted by molar-refractivity contribution is 0.102. The quantitative estimate of drug-likeness (QED) is 0.907. The largest absolute Gasteiger partial charge is 0.373 e. The van der Waals surface area contributed by atoms with Crippen molar-refractivity contribution in [1.82, 2.24) is 4.98 Å². The molecule has 2 aromatic rings. The molecule has 2 N–H and O–H groups in total. The van der Waals surface area contributed by atoms with E-state index in [1.54, 1.807) is 25.2 Å². The fourth-order valence-electron chi connectivity index (χ4n) is 1.47. The van der Waals surface area contributed by atoms with E-state index in [0.717, 1.165) is 6.07 Å². The molecule has 1 amide bonds. The number of carbonyl (C=O) groups is 1. The van der Waals surface area contributed by atoms with Gasteiger partial charge in [-0.3, -0.25) is 4.79 Å². The van der Waals surface area contributed by atoms with Crippen LogP contribution in [-0.4, -0.2) is 17.9 Å². The molecule has 0 aliphatic carbocycles. The predicted octanol–water partition coefficient (Wildman–Crippen LogP) is 3.17. The first-order valence-electron chi connectivity index (χ1n) is 5.51. The molecular weight excluding hydrogens is 269 g/mol. The second-order valence-corrected chi connectivity index (χ2v) is 4.15. The Hall–Kier alpha value is -2.14. The first-order valence-corrected chi connectivity index (χ1v) is 5.89. The average Bonchev–Trinajstić information content (AvgIpc) is 2.43. The molecule has 2 rings (SSSR count). The van der Waals surface area contributed by atoms with Crippen LogP contribution in [0.3, 0.4) is 0 Å². The van der Waals surface area contributed by atoms with Gasteiger partial charge >= 0.3 is 0 Å². The van der Waals surface area contributed by atoms with Gasteiger partial charge in [0.15, 0.2) is 0 Å². The lowest BCUT2D eigenvalue weighted by Gasteiger charge is -2.06. The third kappa shape index (κ3) is 3.20. The number of hydrogen-bond donors (Lipinski definition) is 2. The van der Waals surface area contributed by atoms with Crippen molar-refractivity contribution in [3.8, 4) is 0 Å². The molecule has 19 heavy (non-hydrogen) atoms. The third-order valence-electron chi connectivity index (χ3n) is 2.42. The van der Waals surface area contributed by atoms with Crippen LogP contribution in [0.2, 0.25) is 5.02 Å². The van der Waals surface area contributed by atoms with E-state index >= 15 is 0 Å². The highest BCUT2D eigenvalue weighted by molar-refractivity contribution is 6.30. The minimum atomic E-state index is -0.587. The van der Waals surface area contributed by atoms with Crippen molar-refractivity contribution < 1.29 is 9.18 Å². The number of benzene rings is 1. The molecule has 6 heteroatoms. The Kier molecular flexibility index (Phi) is 3.97. The zero-order valence-electron chi connectivity index (χ0n) is 10.1. The minimum Gasteiger partial charge on any atom is -0.373 e. The Labute approximate surface area is 114 Å². The van der Waals surface area contributed by atoms with Crippen molar-refractivity contribution in [3.63, 3.8) is 0 Å². The second-order valence-electron chi connectivity index (χ2n) is 3.74. The molecule has 1 aromatic heterocycles. The van der Waals surface area contributed by atoms with Gasteiger partial charge in [0.25, 0.3) is 5.91 Å². The van der Waals surface area contributed by atoms with E-state index in [4.69, 9.17) is 11.6 Å². The Morgan fingerprint density at radius 1 is 1.32 bits per heavy atom. The van der Waals surface area contributed by atoms with Crippen LogP contribution >= 0.6 is 11.6 Å². The first-order chi connectivity index (χ1) is 9.10. The topological polar surface area (TPSA) is 54.0 Å². The molecule has 0 radical (unpaired) electrons. The molecule has 0 aliphatic rings. The first kappa shape index (κ1) is 13.3. The van der Waals surface area contributed by atoms with E-state index < -0.39 is 11.7 Å². The Bertz CT molecular complexity index is 619. The molecule has 0 spiro atoms. The van der Waals surface area contributed by atoms with Crippen LogP contribution in [0.1, 0.15) is 10.5 Å². The van der Waals surface area contributed by atoms with Crippen molar-refractivity contribution in [2.45, 2.75) is 0 Å². The Balaban J connectivity index is 2.18. The third-order valence-corrected chi connectivity index (χ3v) is 2.72. The van der Waals surface area contributed by atoms with Crippen LogP contribution < -0.4 is 10.6 Å². The molecule has 0 unspecified atom stereocenters. The molecule has 4 nitrogen and oxygen atoms in total. The molecule has 1 aromatic carbocycles. The number of hydrogen-bond acceptors (Lipinski definition) is 3. The lowest BCUT2D eigenvalue weighted by atomic mass is 10.3. The van der Waals surface area contributed by atoms with E-state index in [2.05, 4.69) is 15.6 Å². The fraction of sp³-hybridized carbons (Fsp3) is 0.0769. The summed E-state index contributed by atoms with van der Waals surface area (Å²) in [6.07, 6.45) is 0. The Morgan fingerprint density at radius 2 is 2.11 bits per heavy atom. The summed E-state index contributed by atoms with van der Waals surface area (Å²) in [7, 11) is 1.71. The number of rotatable bonds is 3. The predicted molar refractivity (Wildman–Crippen MR) is 73.1 cm³/mol. The van der Waals surface area contributed by atoms with Gasteiger partial charge in [-0.25, -0.2) is 9.37 Å². The average molecular weight is 280 g/mol. The lowest BCUT2D eigenvalue weighted by Crippen LogP contribution is -2.14. The smallest absolute Gasteiger partial charge is 0.274 e. The van der Waals surface area contributed by atoms with Crippen LogP contribution in [0.25, 0.3) is 0 Å². The molecule has 0 aliphatic heterocycles. The number of nitrogens with one attached hydrogen (secondary N) is 2. The highest BCUT2D eigenvalue weighted by atomic mass is 35.5. The molecule has 0 bridgehead atoms. The zero-order valence-corrected chi connectivity index (χ0v) is 10.8. The number of amides is 1. The molecule has 1 heterocycles. The maximum absolute atomic E-state index is 13.2. The molecule has 0 atom stereocenters. The van der Waals surface area contributed by atoms with E-state index in [0.29, 0.717) is 11.5 Å². The van der Waals surface area contributed by atoms with Gasteiger partial charge in [0.1, 0.15) is 17.3 Å². The molecule has 0 fully saturated rings. The van der Waals surface area contributed by atoms with Gasteiger partial charge in [-0.1, -0.05) is 17.7 Å². The van der Waals surface area contributed by atoms with E-state index in [1.165, 1.54) is 12.1 Å². The van der Waals surface area contributed by atoms with Crippen molar-refractivity contribution in [2.75, 3.05) is 17.7 Å². The summed E-state index contributed by atoms with van der Waals surface area (Å²) in [4.78, 5) is 16.0. The summed E-state index contributed by atoms with van der Waals surface area (Å²) in [6, 6.07) is 9.06. The van der Waals surface area contributed by atoms with Crippen LogP contribution in [0.15, 0.2) is 36.4 Å². The summed E-state index contributed by atoms with van der Waals surface area (Å²) in [5.41, 5.74) is 0.561. The standard InChI is InChI=1S/C13H11ClFN3O/c1-16-12-4-2-3-11(18-12)13(19)17-8-5-6-9(14)10(15)7-8/h2-7H,1H3,(H,16,18)(H,17,19). The number of carbonyl (C=O) groups excluding carboxylic acids is 1. The van der Waals surface area contributed by atoms with Gasteiger partial charge in [0.2, 0.25) is 0 Å². The van der Waals surface area contributed by atoms with Gasteiger partial charge in [0.05, 0.1) is 5.02 Å². The number of anilines is 2. The number of nitrogens with zero attached hydrogens (tertiary/aromatic N) is 1. The zero-order chi connectivity index (χ0) is 13.8. The number of aromatic nitrogens is 1. The van der Waals surface area contributed by atoms with Gasteiger partial charge in [-0.05, 0) is 30.3 Å². The van der Waals surface area contributed by atoms with Crippen molar-refractivity contribution in [2.24, 2.45) is 0 Å². The van der Waals surface area contributed by atoms with Crippen LogP contribution in [0.5, 0.6) is 0 Å². The van der Waals surface area contributed by atoms with Gasteiger partial charge in [0, 0.05) is 12.7 Å². The fourth-order valence-corrected chi connectivity index (χ4v) is 1.59. The molecular formula is C13H11ClFN3O. The second kappa shape index (κ2) is 5.67. The summed E-state index contributed by atoms with van der Waals surface area (Å²) in [6.45, 7) is 0. The van der Waals surface area contributed by atoms with Crippen LogP contribution in [0.4, 0.5) is 15.9 Å². The minimum absolute atomic E-state index is 0.00769. The maximum Gasteiger partial charge on any atom is 0.274 e. The van der Waals surface area contributed by atoms with Crippen molar-refractivity contribution in [3.05, 3.63) is 52.9 Å². The highest BCUT2D eigenvalue weighted by Gasteiger charge is 2.09. The normalized spacial score (nSPS) is 10.1. The molecule has 0 saturated carbocycles. The van der Waals surface area contributed by atoms with Gasteiger partial charge in [-0.15, -0.1) is 0 Å². The molecule has 0 saturated heterocycles. The van der Waals surface area contributed by atoms with Gasteiger partial charge < -0.3 is 10.6 Å². The molecule has 98 valence electrons. The van der Waals surface area contributed by atoms with Crippen LogP contribution in [0, 0.1) is 5.82 Å². The highest BCUT2D eigenvalue weighted by Crippen LogP contribution is 2.19. The number of pyridine rings is 1. The van der Waals surface area contributed by atoms with Crippen LogP contribution in [-0.2, 0) is 0 Å². The summed E-state index contributed by atoms with van der Waals surface area (Å²) in [5.74, 6) is -0.426. The van der Waals surface area contributed by atoms with E-state index in [1.807, 2.05) is 0 Å². The van der Waals surface area contributed by atoms with Crippen molar-refractivity contribution >= 4 is 29.0 Å². The van der Waals surface area contributed by atoms with Gasteiger partial charge in [-0.2, -0.15) is 0 Å². The summed E-state index contributed by atoms with van der Waals surface area (Å²) < 4.78 is 13.2. The summed E-state index contributed by atoms with van der Waals surface area (Å²) >= 11 is 5.57. The van der Waals surface area contributed by atoms with Crippen molar-refractivity contribution in [1.29, 1.82) is 0 Å². The number of halogens is 2. The monoisotopic (exact) mass is 279 g/mol. The maximum atomic E-state index is 13.2.